The Balaban J connectivity index is 1.82. The van der Waals surface area contributed by atoms with Crippen LogP contribution in [0.15, 0.2) is 101 Å². The molecular weight excluding hydrogens is 358 g/mol. The maximum Gasteiger partial charge on any atom is 0.0468 e. The van der Waals surface area contributed by atoms with Crippen LogP contribution in [0.5, 0.6) is 0 Å². The van der Waals surface area contributed by atoms with Crippen LogP contribution in [0.1, 0.15) is 23.6 Å². The summed E-state index contributed by atoms with van der Waals surface area (Å²) in [6.07, 6.45) is 0. The van der Waals surface area contributed by atoms with E-state index >= 15 is 0 Å². The van der Waals surface area contributed by atoms with Crippen LogP contribution < -0.4 is 0 Å². The molecule has 134 valence electrons. The molecule has 0 bridgehead atoms. The summed E-state index contributed by atoms with van der Waals surface area (Å²) < 4.78 is 0. The molecule has 0 amide bonds. The van der Waals surface area contributed by atoms with Gasteiger partial charge < -0.3 is 4.98 Å². The number of nitrogens with one attached hydrogen (secondary N) is 1. The fourth-order valence-electron chi connectivity index (χ4n) is 4.80. The van der Waals surface area contributed by atoms with E-state index in [-0.39, 0.29) is 5.41 Å². The number of hydrogen-bond acceptors (Lipinski definition) is 1. The normalized spacial score (nSPS) is 18.2. The van der Waals surface area contributed by atoms with Gasteiger partial charge in [0.15, 0.2) is 0 Å². The van der Waals surface area contributed by atoms with E-state index in [1.54, 1.807) is 0 Å². The van der Waals surface area contributed by atoms with Gasteiger partial charge >= 0.3 is 0 Å². The highest BCUT2D eigenvalue weighted by atomic mass is 32.2. The Hall–Kier alpha value is -2.97. The summed E-state index contributed by atoms with van der Waals surface area (Å²) in [6.45, 7) is 2.39. The predicted molar refractivity (Wildman–Crippen MR) is 118 cm³/mol. The topological polar surface area (TPSA) is 15.8 Å². The summed E-state index contributed by atoms with van der Waals surface area (Å²) in [7, 11) is 0. The molecule has 0 saturated heterocycles. The summed E-state index contributed by atoms with van der Waals surface area (Å²) >= 11 is 1.89. The van der Waals surface area contributed by atoms with E-state index in [0.29, 0.717) is 0 Å². The van der Waals surface area contributed by atoms with Crippen molar-refractivity contribution in [1.82, 2.24) is 4.98 Å². The van der Waals surface area contributed by atoms with Crippen molar-refractivity contribution in [2.45, 2.75) is 22.1 Å². The third-order valence-electron chi connectivity index (χ3n) is 6.13. The minimum absolute atomic E-state index is 0.205. The van der Waals surface area contributed by atoms with Crippen molar-refractivity contribution in [1.29, 1.82) is 0 Å². The smallest absolute Gasteiger partial charge is 0.0468 e. The molecule has 0 spiro atoms. The zero-order valence-electron chi connectivity index (χ0n) is 15.6. The Morgan fingerprint density at radius 1 is 0.679 bits per heavy atom. The van der Waals surface area contributed by atoms with Gasteiger partial charge in [-0.25, -0.2) is 0 Å². The highest BCUT2D eigenvalue weighted by Gasteiger charge is 2.40. The van der Waals surface area contributed by atoms with Gasteiger partial charge in [0, 0.05) is 37.0 Å². The second-order valence-corrected chi connectivity index (χ2v) is 8.70. The first-order valence-corrected chi connectivity index (χ1v) is 10.5. The van der Waals surface area contributed by atoms with Gasteiger partial charge in [0.05, 0.1) is 0 Å². The Labute approximate surface area is 168 Å². The highest BCUT2D eigenvalue weighted by molar-refractivity contribution is 7.99. The van der Waals surface area contributed by atoms with Crippen LogP contribution in [-0.2, 0) is 5.41 Å². The maximum atomic E-state index is 3.63. The highest BCUT2D eigenvalue weighted by Crippen LogP contribution is 2.55. The quantitative estimate of drug-likeness (QED) is 0.328. The van der Waals surface area contributed by atoms with Crippen molar-refractivity contribution < 1.29 is 0 Å². The molecule has 6 rings (SSSR count). The summed E-state index contributed by atoms with van der Waals surface area (Å²) in [4.78, 5) is 6.33. The van der Waals surface area contributed by atoms with Gasteiger partial charge in [-0.2, -0.15) is 0 Å². The number of fused-ring (bicyclic) bond motifs is 6. The molecule has 0 saturated carbocycles. The van der Waals surface area contributed by atoms with Crippen molar-refractivity contribution in [3.63, 3.8) is 0 Å². The molecule has 1 aromatic heterocycles. The van der Waals surface area contributed by atoms with Gasteiger partial charge in [0.25, 0.3) is 0 Å². The zero-order chi connectivity index (χ0) is 18.7. The van der Waals surface area contributed by atoms with Crippen LogP contribution in [-0.4, -0.2) is 4.98 Å². The molecule has 2 heteroatoms. The van der Waals surface area contributed by atoms with Crippen molar-refractivity contribution >= 4 is 33.6 Å². The van der Waals surface area contributed by atoms with Gasteiger partial charge in [0.2, 0.25) is 0 Å². The third-order valence-corrected chi connectivity index (χ3v) is 7.27. The summed E-state index contributed by atoms with van der Waals surface area (Å²) in [5.41, 5.74) is 6.34. The number of hydrogen-bond donors (Lipinski definition) is 1. The number of H-pyrrole nitrogens is 1. The summed E-state index contributed by atoms with van der Waals surface area (Å²) in [5.74, 6) is 0. The molecular formula is C26H19NS. The van der Waals surface area contributed by atoms with Crippen LogP contribution in [0.25, 0.3) is 21.8 Å². The van der Waals surface area contributed by atoms with Crippen LogP contribution in [0.4, 0.5) is 0 Å². The fourth-order valence-corrected chi connectivity index (χ4v) is 6.11. The van der Waals surface area contributed by atoms with E-state index in [1.165, 1.54) is 48.3 Å². The third kappa shape index (κ3) is 2.04. The standard InChI is InChI=1S/C26H19NS/c1-26(17-9-3-2-4-10-17)19-12-6-8-14-22(19)28-23-16-15-21-24(25(23)26)18-11-5-7-13-20(18)27-21/h2-16,27H,1H3. The van der Waals surface area contributed by atoms with Gasteiger partial charge in [-0.15, -0.1) is 0 Å². The Kier molecular flexibility index (Phi) is 3.30. The van der Waals surface area contributed by atoms with E-state index in [0.717, 1.165) is 0 Å². The molecule has 1 aliphatic heterocycles. The number of aromatic nitrogens is 1. The lowest BCUT2D eigenvalue weighted by Gasteiger charge is -2.39. The molecule has 2 heterocycles. The van der Waals surface area contributed by atoms with Crippen molar-refractivity contribution in [3.8, 4) is 0 Å². The van der Waals surface area contributed by atoms with Crippen molar-refractivity contribution in [3.05, 3.63) is 108 Å². The molecule has 1 unspecified atom stereocenters. The van der Waals surface area contributed by atoms with Gasteiger partial charge in [0.1, 0.15) is 0 Å². The zero-order valence-corrected chi connectivity index (χ0v) is 16.4. The maximum absolute atomic E-state index is 3.63. The van der Waals surface area contributed by atoms with Gasteiger partial charge in [-0.05, 0) is 47.9 Å². The van der Waals surface area contributed by atoms with Gasteiger partial charge in [-0.3, -0.25) is 0 Å². The molecule has 5 aromatic rings. The summed E-state index contributed by atoms with van der Waals surface area (Å²) in [6, 6.07) is 33.0. The van der Waals surface area contributed by atoms with Crippen molar-refractivity contribution in [2.24, 2.45) is 0 Å². The number of rotatable bonds is 1. The van der Waals surface area contributed by atoms with E-state index in [9.17, 15) is 0 Å². The first kappa shape index (κ1) is 16.0. The molecule has 1 N–H and O–H groups in total. The average molecular weight is 378 g/mol. The molecule has 0 radical (unpaired) electrons. The molecule has 0 aliphatic carbocycles. The monoisotopic (exact) mass is 377 g/mol. The Morgan fingerprint density at radius 3 is 2.32 bits per heavy atom. The molecule has 4 aromatic carbocycles. The van der Waals surface area contributed by atoms with E-state index in [4.69, 9.17) is 0 Å². The molecule has 0 fully saturated rings. The van der Waals surface area contributed by atoms with E-state index in [1.807, 2.05) is 11.8 Å². The second-order valence-electron chi connectivity index (χ2n) is 7.62. The molecule has 1 nitrogen and oxygen atoms in total. The van der Waals surface area contributed by atoms with Crippen LogP contribution in [0.2, 0.25) is 0 Å². The lowest BCUT2D eigenvalue weighted by atomic mass is 9.69. The lowest BCUT2D eigenvalue weighted by molar-refractivity contribution is 0.662. The Bertz CT molecular complexity index is 1350. The van der Waals surface area contributed by atoms with Gasteiger partial charge in [-0.1, -0.05) is 78.5 Å². The SMILES string of the molecule is CC1(c2ccccc2)c2ccccc2Sc2ccc3[nH]c4ccccc4c3c21. The van der Waals surface area contributed by atoms with Crippen LogP contribution in [0, 0.1) is 0 Å². The second kappa shape index (κ2) is 5.76. The molecule has 28 heavy (non-hydrogen) atoms. The summed E-state index contributed by atoms with van der Waals surface area (Å²) in [5, 5.41) is 2.65. The average Bonchev–Trinajstić information content (AvgIpc) is 3.13. The lowest BCUT2D eigenvalue weighted by Crippen LogP contribution is -2.29. The van der Waals surface area contributed by atoms with E-state index < -0.39 is 0 Å². The largest absolute Gasteiger partial charge is 0.355 e. The predicted octanol–water partition coefficient (Wildman–Crippen LogP) is 7.14. The number of benzene rings is 4. The van der Waals surface area contributed by atoms with Crippen LogP contribution >= 0.6 is 11.8 Å². The number of aromatic amines is 1. The first-order chi connectivity index (χ1) is 13.8. The first-order valence-electron chi connectivity index (χ1n) is 9.63. The van der Waals surface area contributed by atoms with E-state index in [2.05, 4.69) is 103 Å². The minimum atomic E-state index is -0.205. The number of para-hydroxylation sites is 1. The minimum Gasteiger partial charge on any atom is -0.355 e. The fraction of sp³-hybridized carbons (Fsp3) is 0.0769. The molecule has 1 aliphatic rings. The Morgan fingerprint density at radius 2 is 1.43 bits per heavy atom. The van der Waals surface area contributed by atoms with Crippen LogP contribution in [0.3, 0.4) is 0 Å². The van der Waals surface area contributed by atoms with Crippen molar-refractivity contribution in [2.75, 3.05) is 0 Å². The molecule has 1 atom stereocenters.